The van der Waals surface area contributed by atoms with Crippen LogP contribution in [-0.4, -0.2) is 34.5 Å². The molecule has 27 heavy (non-hydrogen) atoms. The number of halogens is 1. The fourth-order valence-electron chi connectivity index (χ4n) is 2.38. The SMILES string of the molecule is COC(=O)c1cc(-c2ccccc2)sc1NC(=S)NCCn1cc(Cl)cn1. The summed E-state index contributed by atoms with van der Waals surface area (Å²) in [6, 6.07) is 11.6. The van der Waals surface area contributed by atoms with Crippen molar-refractivity contribution in [3.05, 3.63) is 59.4 Å². The minimum atomic E-state index is -0.412. The van der Waals surface area contributed by atoms with Crippen molar-refractivity contribution in [1.29, 1.82) is 0 Å². The molecular weight excluding hydrogens is 404 g/mol. The van der Waals surface area contributed by atoms with Gasteiger partial charge >= 0.3 is 5.97 Å². The van der Waals surface area contributed by atoms with Crippen molar-refractivity contribution in [2.24, 2.45) is 0 Å². The Morgan fingerprint density at radius 3 is 2.81 bits per heavy atom. The Hall–Kier alpha value is -2.42. The number of ether oxygens (including phenoxy) is 1. The fourth-order valence-corrected chi connectivity index (χ4v) is 3.86. The highest BCUT2D eigenvalue weighted by Crippen LogP contribution is 2.35. The molecule has 0 aliphatic heterocycles. The van der Waals surface area contributed by atoms with Crippen LogP contribution in [0.15, 0.2) is 48.8 Å². The third kappa shape index (κ3) is 5.06. The molecule has 0 radical (unpaired) electrons. The smallest absolute Gasteiger partial charge is 0.340 e. The monoisotopic (exact) mass is 420 g/mol. The number of hydrogen-bond donors (Lipinski definition) is 2. The average Bonchev–Trinajstić information content (AvgIpc) is 3.28. The van der Waals surface area contributed by atoms with Gasteiger partial charge in [-0.15, -0.1) is 11.3 Å². The summed E-state index contributed by atoms with van der Waals surface area (Å²) in [5.74, 6) is -0.412. The summed E-state index contributed by atoms with van der Waals surface area (Å²) >= 11 is 12.6. The van der Waals surface area contributed by atoms with Crippen molar-refractivity contribution in [2.75, 3.05) is 19.0 Å². The maximum atomic E-state index is 12.1. The molecule has 3 aromatic rings. The van der Waals surface area contributed by atoms with Gasteiger partial charge in [0.25, 0.3) is 0 Å². The Balaban J connectivity index is 1.68. The summed E-state index contributed by atoms with van der Waals surface area (Å²) in [6.07, 6.45) is 3.32. The molecule has 0 unspecified atom stereocenters. The van der Waals surface area contributed by atoms with Crippen LogP contribution in [-0.2, 0) is 11.3 Å². The lowest BCUT2D eigenvalue weighted by Crippen LogP contribution is -2.31. The summed E-state index contributed by atoms with van der Waals surface area (Å²) in [5, 5.41) is 11.9. The highest BCUT2D eigenvalue weighted by Gasteiger charge is 2.18. The number of nitrogens with one attached hydrogen (secondary N) is 2. The molecule has 0 fully saturated rings. The van der Waals surface area contributed by atoms with Crippen LogP contribution < -0.4 is 10.6 Å². The van der Waals surface area contributed by atoms with E-state index in [2.05, 4.69) is 15.7 Å². The number of rotatable bonds is 6. The van der Waals surface area contributed by atoms with Gasteiger partial charge < -0.3 is 15.4 Å². The van der Waals surface area contributed by atoms with E-state index in [0.29, 0.717) is 33.8 Å². The Kier molecular flexibility index (Phi) is 6.44. The second kappa shape index (κ2) is 8.98. The van der Waals surface area contributed by atoms with E-state index in [1.54, 1.807) is 17.1 Å². The Morgan fingerprint density at radius 1 is 1.37 bits per heavy atom. The number of methoxy groups -OCH3 is 1. The molecule has 1 aromatic carbocycles. The van der Waals surface area contributed by atoms with E-state index < -0.39 is 5.97 Å². The average molecular weight is 421 g/mol. The van der Waals surface area contributed by atoms with Crippen LogP contribution in [0.4, 0.5) is 5.00 Å². The number of thiocarbonyl (C=S) groups is 1. The van der Waals surface area contributed by atoms with Gasteiger partial charge in [0, 0.05) is 17.6 Å². The maximum Gasteiger partial charge on any atom is 0.340 e. The van der Waals surface area contributed by atoms with Crippen LogP contribution in [0.2, 0.25) is 5.02 Å². The predicted molar refractivity (Wildman–Crippen MR) is 113 cm³/mol. The molecule has 2 heterocycles. The van der Waals surface area contributed by atoms with Gasteiger partial charge in [0.2, 0.25) is 0 Å². The van der Waals surface area contributed by atoms with Gasteiger partial charge in [-0.2, -0.15) is 5.10 Å². The van der Waals surface area contributed by atoms with Crippen LogP contribution in [0.5, 0.6) is 0 Å². The number of hydrogen-bond acceptors (Lipinski definition) is 5. The zero-order valence-corrected chi connectivity index (χ0v) is 16.8. The highest BCUT2D eigenvalue weighted by molar-refractivity contribution is 7.80. The standard InChI is InChI=1S/C18H17ClN4O2S2/c1-25-17(24)14-9-15(12-5-3-2-4-6-12)27-16(14)22-18(26)20-7-8-23-11-13(19)10-21-23/h2-6,9-11H,7-8H2,1H3,(H2,20,22,26). The first-order chi connectivity index (χ1) is 13.1. The molecule has 2 aromatic heterocycles. The number of aromatic nitrogens is 2. The molecule has 0 saturated heterocycles. The van der Waals surface area contributed by atoms with Gasteiger partial charge in [0.05, 0.1) is 30.4 Å². The van der Waals surface area contributed by atoms with Gasteiger partial charge in [-0.1, -0.05) is 41.9 Å². The minimum absolute atomic E-state index is 0.412. The van der Waals surface area contributed by atoms with Gasteiger partial charge in [-0.3, -0.25) is 4.68 Å². The lowest BCUT2D eigenvalue weighted by molar-refractivity contribution is 0.0602. The Morgan fingerprint density at radius 2 is 2.15 bits per heavy atom. The van der Waals surface area contributed by atoms with E-state index in [-0.39, 0.29) is 0 Å². The molecule has 6 nitrogen and oxygen atoms in total. The zero-order valence-electron chi connectivity index (χ0n) is 14.4. The lowest BCUT2D eigenvalue weighted by Gasteiger charge is -2.10. The van der Waals surface area contributed by atoms with Crippen LogP contribution in [0.25, 0.3) is 10.4 Å². The van der Waals surface area contributed by atoms with Crippen LogP contribution in [0.3, 0.4) is 0 Å². The van der Waals surface area contributed by atoms with E-state index in [1.807, 2.05) is 36.4 Å². The molecule has 0 amide bonds. The summed E-state index contributed by atoms with van der Waals surface area (Å²) < 4.78 is 6.61. The minimum Gasteiger partial charge on any atom is -0.465 e. The topological polar surface area (TPSA) is 68.2 Å². The molecule has 2 N–H and O–H groups in total. The largest absolute Gasteiger partial charge is 0.465 e. The summed E-state index contributed by atoms with van der Waals surface area (Å²) in [6.45, 7) is 1.17. The number of carbonyl (C=O) groups is 1. The van der Waals surface area contributed by atoms with E-state index in [4.69, 9.17) is 28.6 Å². The number of carbonyl (C=O) groups excluding carboxylic acids is 1. The van der Waals surface area contributed by atoms with Crippen molar-refractivity contribution in [3.63, 3.8) is 0 Å². The van der Waals surface area contributed by atoms with Crippen molar-refractivity contribution >= 4 is 51.2 Å². The number of benzene rings is 1. The Bertz CT molecular complexity index is 940. The lowest BCUT2D eigenvalue weighted by atomic mass is 10.1. The third-order valence-electron chi connectivity index (χ3n) is 3.65. The first-order valence-corrected chi connectivity index (χ1v) is 9.67. The first-order valence-electron chi connectivity index (χ1n) is 8.07. The van der Waals surface area contributed by atoms with Crippen molar-refractivity contribution in [1.82, 2.24) is 15.1 Å². The molecule has 0 spiro atoms. The van der Waals surface area contributed by atoms with Gasteiger partial charge in [-0.25, -0.2) is 4.79 Å². The van der Waals surface area contributed by atoms with Crippen LogP contribution in [0, 0.1) is 0 Å². The summed E-state index contributed by atoms with van der Waals surface area (Å²) in [4.78, 5) is 13.1. The van der Waals surface area contributed by atoms with Crippen molar-refractivity contribution in [2.45, 2.75) is 6.54 Å². The van der Waals surface area contributed by atoms with Crippen LogP contribution >= 0.6 is 35.2 Å². The molecule has 0 atom stereocenters. The van der Waals surface area contributed by atoms with Crippen molar-refractivity contribution in [3.8, 4) is 10.4 Å². The quantitative estimate of drug-likeness (QED) is 0.463. The van der Waals surface area contributed by atoms with E-state index in [9.17, 15) is 4.79 Å². The molecule has 0 saturated carbocycles. The number of nitrogens with zero attached hydrogens (tertiary/aromatic N) is 2. The molecule has 0 aliphatic carbocycles. The highest BCUT2D eigenvalue weighted by atomic mass is 35.5. The number of anilines is 1. The van der Waals surface area contributed by atoms with Gasteiger partial charge in [0.15, 0.2) is 5.11 Å². The molecule has 3 rings (SSSR count). The molecule has 0 bridgehead atoms. The molecule has 0 aliphatic rings. The third-order valence-corrected chi connectivity index (χ3v) is 5.19. The summed E-state index contributed by atoms with van der Waals surface area (Å²) in [5.41, 5.74) is 1.47. The fraction of sp³-hybridized carbons (Fsp3) is 0.167. The van der Waals surface area contributed by atoms with Gasteiger partial charge in [-0.05, 0) is 23.8 Å². The van der Waals surface area contributed by atoms with E-state index >= 15 is 0 Å². The normalized spacial score (nSPS) is 10.4. The van der Waals surface area contributed by atoms with E-state index in [0.717, 1.165) is 10.4 Å². The second-order valence-electron chi connectivity index (χ2n) is 5.51. The molecular formula is C18H17ClN4O2S2. The number of thiophene rings is 1. The zero-order chi connectivity index (χ0) is 19.2. The van der Waals surface area contributed by atoms with Crippen LogP contribution in [0.1, 0.15) is 10.4 Å². The van der Waals surface area contributed by atoms with Gasteiger partial charge in [0.1, 0.15) is 5.00 Å². The number of esters is 1. The maximum absolute atomic E-state index is 12.1. The molecule has 140 valence electrons. The first kappa shape index (κ1) is 19.3. The molecule has 9 heteroatoms. The Labute approximate surface area is 171 Å². The summed E-state index contributed by atoms with van der Waals surface area (Å²) in [7, 11) is 1.36. The predicted octanol–water partition coefficient (Wildman–Crippen LogP) is 4.04. The van der Waals surface area contributed by atoms with E-state index in [1.165, 1.54) is 18.4 Å². The van der Waals surface area contributed by atoms with Crippen molar-refractivity contribution < 1.29 is 9.53 Å². The second-order valence-corrected chi connectivity index (χ2v) is 7.41.